The second-order valence-electron chi connectivity index (χ2n) is 3.95. The SMILES string of the molecule is COc1cnc(C(N)c2cc(Br)ccc2Cl)c(OC)n1. The van der Waals surface area contributed by atoms with Crippen LogP contribution in [0.2, 0.25) is 5.02 Å². The first-order valence-electron chi connectivity index (χ1n) is 5.72. The van der Waals surface area contributed by atoms with E-state index in [1.807, 2.05) is 12.1 Å². The maximum absolute atomic E-state index is 6.23. The van der Waals surface area contributed by atoms with Crippen LogP contribution >= 0.6 is 27.5 Å². The van der Waals surface area contributed by atoms with Crippen LogP contribution in [-0.2, 0) is 0 Å². The highest BCUT2D eigenvalue weighted by Gasteiger charge is 2.20. The van der Waals surface area contributed by atoms with E-state index in [4.69, 9.17) is 26.8 Å². The molecule has 20 heavy (non-hydrogen) atoms. The molecule has 0 fully saturated rings. The Morgan fingerprint density at radius 1 is 1.30 bits per heavy atom. The van der Waals surface area contributed by atoms with Crippen molar-refractivity contribution in [3.8, 4) is 11.8 Å². The summed E-state index contributed by atoms with van der Waals surface area (Å²) in [4.78, 5) is 8.42. The van der Waals surface area contributed by atoms with Crippen molar-refractivity contribution >= 4 is 27.5 Å². The molecular weight excluding hydrogens is 346 g/mol. The van der Waals surface area contributed by atoms with E-state index >= 15 is 0 Å². The summed E-state index contributed by atoms with van der Waals surface area (Å²) in [6.07, 6.45) is 1.49. The zero-order valence-electron chi connectivity index (χ0n) is 10.9. The van der Waals surface area contributed by atoms with Gasteiger partial charge in [-0.1, -0.05) is 27.5 Å². The Balaban J connectivity index is 2.47. The second-order valence-corrected chi connectivity index (χ2v) is 5.27. The molecule has 1 atom stereocenters. The van der Waals surface area contributed by atoms with E-state index < -0.39 is 6.04 Å². The number of nitrogens with zero attached hydrogens (tertiary/aromatic N) is 2. The summed E-state index contributed by atoms with van der Waals surface area (Å²) in [6.45, 7) is 0. The second kappa shape index (κ2) is 6.39. The van der Waals surface area contributed by atoms with Gasteiger partial charge in [-0.3, -0.25) is 0 Å². The molecule has 0 radical (unpaired) electrons. The van der Waals surface area contributed by atoms with Crippen molar-refractivity contribution in [2.45, 2.75) is 6.04 Å². The number of halogens is 2. The van der Waals surface area contributed by atoms with Crippen LogP contribution in [-0.4, -0.2) is 24.2 Å². The highest BCUT2D eigenvalue weighted by Crippen LogP contribution is 2.32. The van der Waals surface area contributed by atoms with Crippen molar-refractivity contribution in [3.63, 3.8) is 0 Å². The molecule has 2 aromatic rings. The van der Waals surface area contributed by atoms with Crippen LogP contribution in [0, 0.1) is 0 Å². The lowest BCUT2D eigenvalue weighted by Crippen LogP contribution is -2.16. The maximum Gasteiger partial charge on any atom is 0.240 e. The molecule has 5 nitrogen and oxygen atoms in total. The third-order valence-electron chi connectivity index (χ3n) is 2.74. The van der Waals surface area contributed by atoms with Crippen LogP contribution in [0.5, 0.6) is 11.8 Å². The Morgan fingerprint density at radius 3 is 2.70 bits per heavy atom. The average molecular weight is 359 g/mol. The van der Waals surface area contributed by atoms with Crippen molar-refractivity contribution < 1.29 is 9.47 Å². The van der Waals surface area contributed by atoms with Crippen LogP contribution in [0.15, 0.2) is 28.9 Å². The third-order valence-corrected chi connectivity index (χ3v) is 3.57. The van der Waals surface area contributed by atoms with Gasteiger partial charge in [-0.05, 0) is 23.8 Å². The largest absolute Gasteiger partial charge is 0.480 e. The Hall–Kier alpha value is -1.37. The van der Waals surface area contributed by atoms with E-state index in [-0.39, 0.29) is 0 Å². The van der Waals surface area contributed by atoms with Gasteiger partial charge in [0.05, 0.1) is 26.5 Å². The fraction of sp³-hybridized carbons (Fsp3) is 0.231. The molecule has 0 spiro atoms. The Bertz CT molecular complexity index is 625. The van der Waals surface area contributed by atoms with Crippen molar-refractivity contribution in [2.75, 3.05) is 14.2 Å². The first-order chi connectivity index (χ1) is 9.56. The van der Waals surface area contributed by atoms with E-state index in [2.05, 4.69) is 25.9 Å². The molecule has 1 aromatic carbocycles. The van der Waals surface area contributed by atoms with Gasteiger partial charge in [-0.25, -0.2) is 4.98 Å². The van der Waals surface area contributed by atoms with Gasteiger partial charge in [-0.15, -0.1) is 0 Å². The van der Waals surface area contributed by atoms with Gasteiger partial charge in [0.25, 0.3) is 0 Å². The first-order valence-corrected chi connectivity index (χ1v) is 6.89. The molecule has 0 saturated carbocycles. The molecule has 1 aromatic heterocycles. The number of hydrogen-bond acceptors (Lipinski definition) is 5. The summed E-state index contributed by atoms with van der Waals surface area (Å²) < 4.78 is 11.1. The predicted molar refractivity (Wildman–Crippen MR) is 80.3 cm³/mol. The minimum Gasteiger partial charge on any atom is -0.480 e. The molecule has 0 aliphatic carbocycles. The lowest BCUT2D eigenvalue weighted by molar-refractivity contribution is 0.355. The summed E-state index contributed by atoms with van der Waals surface area (Å²) in [5.74, 6) is 0.672. The molecule has 1 heterocycles. The van der Waals surface area contributed by atoms with Gasteiger partial charge < -0.3 is 15.2 Å². The Labute approximate surface area is 130 Å². The summed E-state index contributed by atoms with van der Waals surface area (Å²) in [5.41, 5.74) is 7.45. The molecule has 0 amide bonds. The first kappa shape index (κ1) is 15.0. The average Bonchev–Trinajstić information content (AvgIpc) is 2.48. The van der Waals surface area contributed by atoms with Crippen molar-refractivity contribution in [1.29, 1.82) is 0 Å². The highest BCUT2D eigenvalue weighted by atomic mass is 79.9. The third kappa shape index (κ3) is 3.03. The molecule has 1 unspecified atom stereocenters. The minimum atomic E-state index is -0.548. The molecule has 0 bridgehead atoms. The molecule has 2 rings (SSSR count). The van der Waals surface area contributed by atoms with Gasteiger partial charge in [0, 0.05) is 9.50 Å². The molecule has 0 saturated heterocycles. The molecule has 7 heteroatoms. The maximum atomic E-state index is 6.23. The van der Waals surface area contributed by atoms with E-state index in [0.29, 0.717) is 22.5 Å². The van der Waals surface area contributed by atoms with Crippen LogP contribution in [0.25, 0.3) is 0 Å². The van der Waals surface area contributed by atoms with Crippen LogP contribution in [0.1, 0.15) is 17.3 Å². The molecular formula is C13H13BrClN3O2. The number of methoxy groups -OCH3 is 2. The van der Waals surface area contributed by atoms with E-state index in [0.717, 1.165) is 10.0 Å². The lowest BCUT2D eigenvalue weighted by Gasteiger charge is -2.16. The number of rotatable bonds is 4. The van der Waals surface area contributed by atoms with Gasteiger partial charge in [0.15, 0.2) is 0 Å². The molecule has 0 aliphatic heterocycles. The van der Waals surface area contributed by atoms with E-state index in [1.165, 1.54) is 20.4 Å². The quantitative estimate of drug-likeness (QED) is 0.910. The van der Waals surface area contributed by atoms with Gasteiger partial charge >= 0.3 is 0 Å². The summed E-state index contributed by atoms with van der Waals surface area (Å²) >= 11 is 9.57. The van der Waals surface area contributed by atoms with Gasteiger partial charge in [0.2, 0.25) is 11.8 Å². The van der Waals surface area contributed by atoms with Gasteiger partial charge in [-0.2, -0.15) is 4.98 Å². The van der Waals surface area contributed by atoms with Crippen LogP contribution < -0.4 is 15.2 Å². The number of nitrogens with two attached hydrogens (primary N) is 1. The van der Waals surface area contributed by atoms with Crippen molar-refractivity contribution in [2.24, 2.45) is 5.73 Å². The van der Waals surface area contributed by atoms with Gasteiger partial charge in [0.1, 0.15) is 5.69 Å². The fourth-order valence-corrected chi connectivity index (χ4v) is 2.34. The minimum absolute atomic E-state index is 0.313. The lowest BCUT2D eigenvalue weighted by atomic mass is 10.0. The summed E-state index contributed by atoms with van der Waals surface area (Å²) in [5, 5.41) is 0.556. The Kier molecular flexibility index (Phi) is 4.80. The zero-order chi connectivity index (χ0) is 14.7. The van der Waals surface area contributed by atoms with Crippen molar-refractivity contribution in [3.05, 3.63) is 45.1 Å². The summed E-state index contributed by atoms with van der Waals surface area (Å²) in [7, 11) is 3.01. The molecule has 0 aliphatic rings. The standard InChI is InChI=1S/C13H13BrClN3O2/c1-19-10-6-17-12(13(18-10)20-2)11(16)8-5-7(14)3-4-9(8)15/h3-6,11H,16H2,1-2H3. The van der Waals surface area contributed by atoms with E-state index in [9.17, 15) is 0 Å². The number of hydrogen-bond donors (Lipinski definition) is 1. The van der Waals surface area contributed by atoms with Crippen LogP contribution in [0.4, 0.5) is 0 Å². The molecule has 2 N–H and O–H groups in total. The number of aromatic nitrogens is 2. The normalized spacial score (nSPS) is 12.1. The number of benzene rings is 1. The van der Waals surface area contributed by atoms with Crippen molar-refractivity contribution in [1.82, 2.24) is 9.97 Å². The Morgan fingerprint density at radius 2 is 2.05 bits per heavy atom. The topological polar surface area (TPSA) is 70.3 Å². The number of ether oxygens (including phenoxy) is 2. The highest BCUT2D eigenvalue weighted by molar-refractivity contribution is 9.10. The zero-order valence-corrected chi connectivity index (χ0v) is 13.3. The molecule has 106 valence electrons. The fourth-order valence-electron chi connectivity index (χ4n) is 1.73. The smallest absolute Gasteiger partial charge is 0.240 e. The van der Waals surface area contributed by atoms with E-state index in [1.54, 1.807) is 6.07 Å². The predicted octanol–water partition coefficient (Wildman–Crippen LogP) is 2.96. The monoisotopic (exact) mass is 357 g/mol. The van der Waals surface area contributed by atoms with Crippen LogP contribution in [0.3, 0.4) is 0 Å². The summed E-state index contributed by atoms with van der Waals surface area (Å²) in [6, 6.07) is 4.91.